The lowest BCUT2D eigenvalue weighted by Crippen LogP contribution is -1.90. The molecule has 2 rings (SSSR count). The Morgan fingerprint density at radius 2 is 1.71 bits per heavy atom. The molecule has 0 aliphatic rings. The number of nitrogen functional groups attached to an aromatic ring is 2. The lowest BCUT2D eigenvalue weighted by atomic mass is 10.0. The van der Waals surface area contributed by atoms with Crippen LogP contribution in [-0.2, 0) is 0 Å². The molecule has 0 fully saturated rings. The summed E-state index contributed by atoms with van der Waals surface area (Å²) in [5.74, 6) is 0. The molecule has 84 valence electrons. The standard InChI is InChI=1S/C12H11N5/c13-9-3-1-8(2-4-9)11-6-5-10(16-17-15)7-12(11)14/h1-7H,13-14H2. The van der Waals surface area contributed by atoms with Gasteiger partial charge in [0.15, 0.2) is 0 Å². The van der Waals surface area contributed by atoms with Gasteiger partial charge in [-0.05, 0) is 29.3 Å². The molecule has 2 aromatic rings. The van der Waals surface area contributed by atoms with Crippen molar-refractivity contribution in [3.63, 3.8) is 0 Å². The Bertz CT molecular complexity index is 582. The molecule has 0 saturated heterocycles. The molecule has 0 unspecified atom stereocenters. The maximum absolute atomic E-state index is 8.33. The van der Waals surface area contributed by atoms with Crippen molar-refractivity contribution in [2.24, 2.45) is 5.11 Å². The highest BCUT2D eigenvalue weighted by molar-refractivity contribution is 5.79. The van der Waals surface area contributed by atoms with Gasteiger partial charge in [0.05, 0.1) is 0 Å². The summed E-state index contributed by atoms with van der Waals surface area (Å²) in [7, 11) is 0. The molecule has 4 N–H and O–H groups in total. The van der Waals surface area contributed by atoms with Gasteiger partial charge in [0.2, 0.25) is 0 Å². The van der Waals surface area contributed by atoms with E-state index >= 15 is 0 Å². The van der Waals surface area contributed by atoms with E-state index in [4.69, 9.17) is 17.0 Å². The van der Waals surface area contributed by atoms with Gasteiger partial charge < -0.3 is 11.5 Å². The van der Waals surface area contributed by atoms with E-state index in [2.05, 4.69) is 10.0 Å². The molecule has 0 aliphatic heterocycles. The molecular weight excluding hydrogens is 214 g/mol. The fourth-order valence-corrected chi connectivity index (χ4v) is 1.59. The van der Waals surface area contributed by atoms with Crippen molar-refractivity contribution in [1.29, 1.82) is 0 Å². The third kappa shape index (κ3) is 2.30. The first-order valence-corrected chi connectivity index (χ1v) is 5.01. The molecule has 0 radical (unpaired) electrons. The minimum atomic E-state index is 0.504. The Labute approximate surface area is 98.3 Å². The summed E-state index contributed by atoms with van der Waals surface area (Å²) >= 11 is 0. The lowest BCUT2D eigenvalue weighted by Gasteiger charge is -2.06. The van der Waals surface area contributed by atoms with E-state index in [0.29, 0.717) is 17.1 Å². The Kier molecular flexibility index (Phi) is 2.85. The summed E-state index contributed by atoms with van der Waals surface area (Å²) in [6.45, 7) is 0. The van der Waals surface area contributed by atoms with Gasteiger partial charge >= 0.3 is 0 Å². The van der Waals surface area contributed by atoms with E-state index in [0.717, 1.165) is 11.1 Å². The van der Waals surface area contributed by atoms with Crippen molar-refractivity contribution in [1.82, 2.24) is 0 Å². The fraction of sp³-hybridized carbons (Fsp3) is 0. The zero-order chi connectivity index (χ0) is 12.3. The Morgan fingerprint density at radius 1 is 1.00 bits per heavy atom. The number of nitrogens with zero attached hydrogens (tertiary/aromatic N) is 3. The molecule has 0 aromatic heterocycles. The number of nitrogens with two attached hydrogens (primary N) is 2. The monoisotopic (exact) mass is 225 g/mol. The van der Waals surface area contributed by atoms with Crippen LogP contribution < -0.4 is 11.5 Å². The van der Waals surface area contributed by atoms with Crippen LogP contribution in [0.1, 0.15) is 0 Å². The van der Waals surface area contributed by atoms with Crippen LogP contribution in [0.15, 0.2) is 47.6 Å². The molecular formula is C12H11N5. The second kappa shape index (κ2) is 4.47. The summed E-state index contributed by atoms with van der Waals surface area (Å²) < 4.78 is 0. The van der Waals surface area contributed by atoms with Crippen LogP contribution in [0.25, 0.3) is 21.6 Å². The van der Waals surface area contributed by atoms with Crippen LogP contribution in [0.5, 0.6) is 0 Å². The third-order valence-corrected chi connectivity index (χ3v) is 2.42. The van der Waals surface area contributed by atoms with Crippen molar-refractivity contribution < 1.29 is 0 Å². The van der Waals surface area contributed by atoms with Crippen molar-refractivity contribution in [3.8, 4) is 11.1 Å². The van der Waals surface area contributed by atoms with Gasteiger partial charge in [0, 0.05) is 27.5 Å². The van der Waals surface area contributed by atoms with Gasteiger partial charge in [-0.2, -0.15) is 0 Å². The summed E-state index contributed by atoms with van der Waals surface area (Å²) in [6, 6.07) is 12.6. The Morgan fingerprint density at radius 3 is 2.29 bits per heavy atom. The van der Waals surface area contributed by atoms with Crippen LogP contribution in [-0.4, -0.2) is 0 Å². The minimum Gasteiger partial charge on any atom is -0.399 e. The minimum absolute atomic E-state index is 0.504. The quantitative estimate of drug-likeness (QED) is 0.354. The van der Waals surface area contributed by atoms with Crippen molar-refractivity contribution >= 4 is 17.1 Å². The number of rotatable bonds is 2. The second-order valence-electron chi connectivity index (χ2n) is 3.58. The number of hydrogen-bond donors (Lipinski definition) is 2. The van der Waals surface area contributed by atoms with E-state index in [-0.39, 0.29) is 0 Å². The lowest BCUT2D eigenvalue weighted by molar-refractivity contribution is 1.47. The van der Waals surface area contributed by atoms with Gasteiger partial charge in [-0.15, -0.1) is 0 Å². The maximum atomic E-state index is 8.33. The van der Waals surface area contributed by atoms with Gasteiger partial charge in [0.25, 0.3) is 0 Å². The average Bonchev–Trinajstić information content (AvgIpc) is 2.31. The SMILES string of the molecule is [N-]=[N+]=Nc1ccc(-c2ccc(N)cc2)c(N)c1. The van der Waals surface area contributed by atoms with Crippen molar-refractivity contribution in [2.45, 2.75) is 0 Å². The van der Waals surface area contributed by atoms with Gasteiger partial charge in [0.1, 0.15) is 0 Å². The van der Waals surface area contributed by atoms with E-state index in [1.54, 1.807) is 12.1 Å². The molecule has 5 heteroatoms. The molecule has 0 bridgehead atoms. The molecule has 0 saturated carbocycles. The third-order valence-electron chi connectivity index (χ3n) is 2.42. The zero-order valence-corrected chi connectivity index (χ0v) is 9.04. The highest BCUT2D eigenvalue weighted by atomic mass is 15.1. The molecule has 0 amide bonds. The topological polar surface area (TPSA) is 101 Å². The normalized spacial score (nSPS) is 9.65. The van der Waals surface area contributed by atoms with E-state index < -0.39 is 0 Å². The zero-order valence-electron chi connectivity index (χ0n) is 9.04. The maximum Gasteiger partial charge on any atom is 0.0398 e. The molecule has 0 atom stereocenters. The number of anilines is 2. The Balaban J connectivity index is 2.46. The molecule has 5 nitrogen and oxygen atoms in total. The highest BCUT2D eigenvalue weighted by Gasteiger charge is 2.02. The van der Waals surface area contributed by atoms with Crippen LogP contribution in [0.2, 0.25) is 0 Å². The van der Waals surface area contributed by atoms with E-state index in [9.17, 15) is 0 Å². The average molecular weight is 225 g/mol. The first-order chi connectivity index (χ1) is 8.20. The summed E-state index contributed by atoms with van der Waals surface area (Å²) in [6.07, 6.45) is 0. The fourth-order valence-electron chi connectivity index (χ4n) is 1.59. The van der Waals surface area contributed by atoms with Crippen LogP contribution in [0.3, 0.4) is 0 Å². The first kappa shape index (κ1) is 10.9. The molecule has 2 aromatic carbocycles. The van der Waals surface area contributed by atoms with Crippen molar-refractivity contribution in [2.75, 3.05) is 11.5 Å². The van der Waals surface area contributed by atoms with E-state index in [1.807, 2.05) is 30.3 Å². The molecule has 0 spiro atoms. The Hall–Kier alpha value is -2.65. The number of hydrogen-bond acceptors (Lipinski definition) is 3. The van der Waals surface area contributed by atoms with Crippen LogP contribution in [0.4, 0.5) is 17.1 Å². The van der Waals surface area contributed by atoms with Crippen molar-refractivity contribution in [3.05, 3.63) is 52.9 Å². The highest BCUT2D eigenvalue weighted by Crippen LogP contribution is 2.29. The van der Waals surface area contributed by atoms with E-state index in [1.165, 1.54) is 0 Å². The number of benzene rings is 2. The second-order valence-corrected chi connectivity index (χ2v) is 3.58. The number of azide groups is 1. The van der Waals surface area contributed by atoms with Gasteiger partial charge in [-0.25, -0.2) is 0 Å². The first-order valence-electron chi connectivity index (χ1n) is 5.01. The smallest absolute Gasteiger partial charge is 0.0398 e. The summed E-state index contributed by atoms with van der Waals surface area (Å²) in [5.41, 5.74) is 23.5. The molecule has 0 aliphatic carbocycles. The van der Waals surface area contributed by atoms with Crippen LogP contribution in [0, 0.1) is 0 Å². The van der Waals surface area contributed by atoms with Crippen LogP contribution >= 0.6 is 0 Å². The largest absolute Gasteiger partial charge is 0.399 e. The molecule has 0 heterocycles. The van der Waals surface area contributed by atoms with Gasteiger partial charge in [-0.3, -0.25) is 0 Å². The predicted octanol–water partition coefficient (Wildman–Crippen LogP) is 3.46. The molecule has 17 heavy (non-hydrogen) atoms. The summed E-state index contributed by atoms with van der Waals surface area (Å²) in [5, 5.41) is 3.50. The predicted molar refractivity (Wildman–Crippen MR) is 69.5 cm³/mol. The summed E-state index contributed by atoms with van der Waals surface area (Å²) in [4.78, 5) is 2.71. The van der Waals surface area contributed by atoms with Gasteiger partial charge in [-0.1, -0.05) is 29.4 Å².